The molecule has 1 unspecified atom stereocenters. The van der Waals surface area contributed by atoms with E-state index in [0.717, 1.165) is 12.8 Å². The molecule has 1 nitrogen and oxygen atoms in total. The summed E-state index contributed by atoms with van der Waals surface area (Å²) in [7, 11) is 0. The highest BCUT2D eigenvalue weighted by Gasteiger charge is 2.48. The summed E-state index contributed by atoms with van der Waals surface area (Å²) in [6, 6.07) is 0. The first-order valence-corrected chi connectivity index (χ1v) is 7.89. The van der Waals surface area contributed by atoms with E-state index in [1.54, 1.807) is 0 Å². The molecule has 0 aliphatic carbocycles. The van der Waals surface area contributed by atoms with Crippen molar-refractivity contribution in [2.75, 3.05) is 6.61 Å². The van der Waals surface area contributed by atoms with Crippen LogP contribution in [0.2, 0.25) is 0 Å². The highest BCUT2D eigenvalue weighted by Crippen LogP contribution is 2.53. The maximum atomic E-state index is 9.17. The molecule has 0 fully saturated rings. The minimum atomic E-state index is -0.573. The molecular formula is C7H11Br5O. The molecule has 0 rings (SSSR count). The van der Waals surface area contributed by atoms with E-state index in [0.29, 0.717) is 0 Å². The Morgan fingerprint density at radius 2 is 1.69 bits per heavy atom. The lowest BCUT2D eigenvalue weighted by molar-refractivity contribution is 0.283. The lowest BCUT2D eigenvalue weighted by Crippen LogP contribution is -2.44. The van der Waals surface area contributed by atoms with E-state index in [1.807, 2.05) is 0 Å². The Morgan fingerprint density at radius 3 is 2.00 bits per heavy atom. The van der Waals surface area contributed by atoms with E-state index in [1.165, 1.54) is 0 Å². The Labute approximate surface area is 121 Å². The molecule has 0 saturated heterocycles. The minimum Gasteiger partial charge on any atom is -0.394 e. The molecule has 0 aliphatic heterocycles. The molecule has 6 heteroatoms. The molecule has 1 N–H and O–H groups in total. The van der Waals surface area contributed by atoms with Gasteiger partial charge in [-0.05, 0) is 6.42 Å². The van der Waals surface area contributed by atoms with E-state index in [2.05, 4.69) is 86.6 Å². The monoisotopic (exact) mass is 506 g/mol. The zero-order valence-corrected chi connectivity index (χ0v) is 15.0. The van der Waals surface area contributed by atoms with Crippen molar-refractivity contribution in [1.82, 2.24) is 0 Å². The Balaban J connectivity index is 4.53. The molecule has 80 valence electrons. The maximum absolute atomic E-state index is 9.17. The Morgan fingerprint density at radius 1 is 1.23 bits per heavy atom. The lowest BCUT2D eigenvalue weighted by atomic mass is 10.1. The van der Waals surface area contributed by atoms with Crippen molar-refractivity contribution < 1.29 is 5.11 Å². The van der Waals surface area contributed by atoms with Crippen LogP contribution in [0.4, 0.5) is 0 Å². The summed E-state index contributed by atoms with van der Waals surface area (Å²) in [6.07, 6.45) is 2.09. The molecule has 0 aromatic carbocycles. The molecule has 0 bridgehead atoms. The van der Waals surface area contributed by atoms with E-state index in [-0.39, 0.29) is 11.4 Å². The van der Waals surface area contributed by atoms with Gasteiger partial charge in [0.1, 0.15) is 6.47 Å². The number of aliphatic hydroxyl groups excluding tert-OH is 1. The number of alkyl halides is 5. The van der Waals surface area contributed by atoms with Crippen molar-refractivity contribution in [2.45, 2.75) is 31.1 Å². The van der Waals surface area contributed by atoms with E-state index >= 15 is 0 Å². The number of hydrogen-bond donors (Lipinski definition) is 1. The van der Waals surface area contributed by atoms with E-state index in [9.17, 15) is 5.11 Å². The van der Waals surface area contributed by atoms with Crippen LogP contribution in [0.15, 0.2) is 0 Å². The largest absolute Gasteiger partial charge is 0.394 e. The van der Waals surface area contributed by atoms with Crippen molar-refractivity contribution >= 4 is 79.6 Å². The summed E-state index contributed by atoms with van der Waals surface area (Å²) < 4.78 is -0.992. The first-order valence-electron chi connectivity index (χ1n) is 3.80. The molecule has 0 amide bonds. The normalized spacial score (nSPS) is 15.9. The van der Waals surface area contributed by atoms with Crippen LogP contribution < -0.4 is 0 Å². The predicted octanol–water partition coefficient (Wildman–Crippen LogP) is 4.51. The standard InChI is InChI=1S/C7H11Br5O/c1-2-3-5(8)7(11,12)6(9,10)4-13/h5,13H,2-4H2,1H3. The van der Waals surface area contributed by atoms with Crippen LogP contribution in [0, 0.1) is 0 Å². The van der Waals surface area contributed by atoms with Crippen LogP contribution in [0.5, 0.6) is 0 Å². The highest BCUT2D eigenvalue weighted by atomic mass is 79.9. The van der Waals surface area contributed by atoms with Crippen LogP contribution in [-0.2, 0) is 0 Å². The maximum Gasteiger partial charge on any atom is 0.129 e. The topological polar surface area (TPSA) is 20.2 Å². The van der Waals surface area contributed by atoms with Gasteiger partial charge in [-0.2, -0.15) is 0 Å². The lowest BCUT2D eigenvalue weighted by Gasteiger charge is -2.36. The number of halogens is 5. The fourth-order valence-corrected chi connectivity index (χ4v) is 3.49. The molecule has 0 aliphatic rings. The van der Waals surface area contributed by atoms with Gasteiger partial charge in [0, 0.05) is 4.83 Å². The fourth-order valence-electron chi connectivity index (χ4n) is 0.769. The van der Waals surface area contributed by atoms with Crippen LogP contribution in [0.1, 0.15) is 19.8 Å². The van der Waals surface area contributed by atoms with Crippen LogP contribution >= 0.6 is 79.6 Å². The molecule has 1 atom stereocenters. The van der Waals surface area contributed by atoms with Gasteiger partial charge in [-0.15, -0.1) is 0 Å². The van der Waals surface area contributed by atoms with Crippen LogP contribution in [0.3, 0.4) is 0 Å². The molecule has 0 saturated carbocycles. The average molecular weight is 511 g/mol. The van der Waals surface area contributed by atoms with Crippen molar-refractivity contribution in [3.8, 4) is 0 Å². The fraction of sp³-hybridized carbons (Fsp3) is 1.00. The van der Waals surface area contributed by atoms with Gasteiger partial charge in [0.05, 0.1) is 6.61 Å². The second kappa shape index (κ2) is 6.18. The van der Waals surface area contributed by atoms with Gasteiger partial charge in [-0.1, -0.05) is 93.0 Å². The van der Waals surface area contributed by atoms with Crippen molar-refractivity contribution in [1.29, 1.82) is 0 Å². The van der Waals surface area contributed by atoms with Gasteiger partial charge < -0.3 is 5.11 Å². The summed E-state index contributed by atoms with van der Waals surface area (Å²) in [5.74, 6) is 0. The number of rotatable bonds is 5. The Kier molecular flexibility index (Phi) is 7.31. The van der Waals surface area contributed by atoms with E-state index < -0.39 is 6.47 Å². The SMILES string of the molecule is CCCC(Br)C(Br)(Br)C(Br)(Br)CO. The Hall–Kier alpha value is 2.36. The second-order valence-corrected chi connectivity index (χ2v) is 11.2. The minimum absolute atomic E-state index is 0.0185. The molecular weight excluding hydrogens is 500 g/mol. The summed E-state index contributed by atoms with van der Waals surface area (Å²) in [4.78, 5) is 0.218. The van der Waals surface area contributed by atoms with Crippen LogP contribution in [-0.4, -0.2) is 23.0 Å². The highest BCUT2D eigenvalue weighted by molar-refractivity contribution is 9.30. The summed E-state index contributed by atoms with van der Waals surface area (Å²) in [5, 5.41) is 9.17. The second-order valence-electron chi connectivity index (χ2n) is 2.74. The average Bonchev–Trinajstić information content (AvgIpc) is 2.04. The zero-order valence-electron chi connectivity index (χ0n) is 7.04. The van der Waals surface area contributed by atoms with Crippen molar-refractivity contribution in [2.24, 2.45) is 0 Å². The van der Waals surface area contributed by atoms with Crippen LogP contribution in [0.25, 0.3) is 0 Å². The molecule has 0 aromatic heterocycles. The predicted molar refractivity (Wildman–Crippen MR) is 75.9 cm³/mol. The quantitative estimate of drug-likeness (QED) is 0.540. The number of aliphatic hydroxyl groups is 1. The van der Waals surface area contributed by atoms with E-state index in [4.69, 9.17) is 0 Å². The van der Waals surface area contributed by atoms with Gasteiger partial charge in [0.25, 0.3) is 0 Å². The van der Waals surface area contributed by atoms with Crippen molar-refractivity contribution in [3.63, 3.8) is 0 Å². The molecule has 13 heavy (non-hydrogen) atoms. The van der Waals surface area contributed by atoms with Gasteiger partial charge in [-0.25, -0.2) is 0 Å². The molecule has 0 radical (unpaired) electrons. The number of hydrogen-bond acceptors (Lipinski definition) is 1. The zero-order chi connectivity index (χ0) is 10.7. The molecule has 0 spiro atoms. The third-order valence-electron chi connectivity index (χ3n) is 1.62. The first kappa shape index (κ1) is 15.4. The summed E-state index contributed by atoms with van der Waals surface area (Å²) in [5.41, 5.74) is 0. The third kappa shape index (κ3) is 4.02. The van der Waals surface area contributed by atoms with Gasteiger partial charge >= 0.3 is 0 Å². The molecule has 0 heterocycles. The Bertz CT molecular complexity index is 159. The smallest absolute Gasteiger partial charge is 0.129 e. The van der Waals surface area contributed by atoms with Crippen molar-refractivity contribution in [3.05, 3.63) is 0 Å². The third-order valence-corrected chi connectivity index (χ3v) is 10.3. The summed E-state index contributed by atoms with van der Waals surface area (Å²) in [6.45, 7) is 2.10. The van der Waals surface area contributed by atoms with Gasteiger partial charge in [-0.3, -0.25) is 0 Å². The molecule has 0 aromatic rings. The van der Waals surface area contributed by atoms with Gasteiger partial charge in [0.2, 0.25) is 0 Å². The first-order chi connectivity index (χ1) is 5.79. The van der Waals surface area contributed by atoms with Gasteiger partial charge in [0.15, 0.2) is 0 Å². The summed E-state index contributed by atoms with van der Waals surface area (Å²) >= 11 is 17.5.